The third kappa shape index (κ3) is 1.96. The molecule has 2 aromatic rings. The molecule has 0 amide bonds. The average molecular weight is 210 g/mol. The normalized spacial score (nSPS) is 14.5. The lowest BCUT2D eigenvalue weighted by atomic mass is 10.1. The maximum atomic E-state index is 4.65. The summed E-state index contributed by atoms with van der Waals surface area (Å²) in [4.78, 5) is 9.31. The first-order valence-electron chi connectivity index (χ1n) is 5.80. The molecule has 80 valence electrons. The van der Waals surface area contributed by atoms with Crippen LogP contribution in [0.15, 0.2) is 36.4 Å². The van der Waals surface area contributed by atoms with Crippen LogP contribution in [0.2, 0.25) is 0 Å². The van der Waals surface area contributed by atoms with Gasteiger partial charge in [-0.3, -0.25) is 9.97 Å². The van der Waals surface area contributed by atoms with Gasteiger partial charge in [0.2, 0.25) is 0 Å². The summed E-state index contributed by atoms with van der Waals surface area (Å²) in [5.41, 5.74) is 4.75. The third-order valence-electron chi connectivity index (χ3n) is 3.00. The molecule has 0 spiro atoms. The fourth-order valence-electron chi connectivity index (χ4n) is 2.13. The summed E-state index contributed by atoms with van der Waals surface area (Å²) >= 11 is 0. The van der Waals surface area contributed by atoms with Crippen LogP contribution < -0.4 is 0 Å². The van der Waals surface area contributed by atoms with Gasteiger partial charge >= 0.3 is 0 Å². The highest BCUT2D eigenvalue weighted by atomic mass is 14.7. The molecule has 0 atom stereocenters. The predicted molar refractivity (Wildman–Crippen MR) is 63.3 cm³/mol. The molecule has 0 unspecified atom stereocenters. The van der Waals surface area contributed by atoms with Crippen LogP contribution in [0.3, 0.4) is 0 Å². The van der Waals surface area contributed by atoms with E-state index in [1.807, 2.05) is 0 Å². The van der Waals surface area contributed by atoms with Crippen molar-refractivity contribution in [2.75, 3.05) is 0 Å². The summed E-state index contributed by atoms with van der Waals surface area (Å²) < 4.78 is 0. The Morgan fingerprint density at radius 2 is 0.875 bits per heavy atom. The van der Waals surface area contributed by atoms with E-state index >= 15 is 0 Å². The molecular formula is C14H14N2. The lowest BCUT2D eigenvalue weighted by molar-refractivity contribution is 0.795. The van der Waals surface area contributed by atoms with Crippen LogP contribution in [-0.4, -0.2) is 9.97 Å². The quantitative estimate of drug-likeness (QED) is 0.667. The van der Waals surface area contributed by atoms with Gasteiger partial charge in [-0.1, -0.05) is 12.1 Å². The lowest BCUT2D eigenvalue weighted by Crippen LogP contribution is -2.05. The summed E-state index contributed by atoms with van der Waals surface area (Å²) in [6.07, 6.45) is 3.96. The second-order valence-electron chi connectivity index (χ2n) is 4.24. The van der Waals surface area contributed by atoms with Crippen molar-refractivity contribution < 1.29 is 0 Å². The molecule has 0 saturated carbocycles. The van der Waals surface area contributed by atoms with E-state index in [2.05, 4.69) is 46.4 Å². The van der Waals surface area contributed by atoms with Gasteiger partial charge in [0.1, 0.15) is 0 Å². The number of pyridine rings is 2. The summed E-state index contributed by atoms with van der Waals surface area (Å²) in [7, 11) is 0. The van der Waals surface area contributed by atoms with Crippen molar-refractivity contribution in [3.8, 4) is 0 Å². The molecule has 4 bridgehead atoms. The number of hydrogen-bond donors (Lipinski definition) is 0. The summed E-state index contributed by atoms with van der Waals surface area (Å²) in [6.45, 7) is 0. The first-order chi connectivity index (χ1) is 7.90. The van der Waals surface area contributed by atoms with Crippen LogP contribution in [0.4, 0.5) is 0 Å². The van der Waals surface area contributed by atoms with Gasteiger partial charge in [-0.05, 0) is 49.9 Å². The topological polar surface area (TPSA) is 25.8 Å². The van der Waals surface area contributed by atoms with E-state index in [9.17, 15) is 0 Å². The van der Waals surface area contributed by atoms with Crippen molar-refractivity contribution in [1.29, 1.82) is 0 Å². The molecule has 0 N–H and O–H groups in total. The van der Waals surface area contributed by atoms with E-state index in [0.29, 0.717) is 0 Å². The molecule has 0 radical (unpaired) electrons. The molecule has 3 rings (SSSR count). The van der Waals surface area contributed by atoms with Crippen molar-refractivity contribution in [3.05, 3.63) is 59.2 Å². The molecule has 3 heterocycles. The molecule has 0 aromatic carbocycles. The number of rotatable bonds is 0. The van der Waals surface area contributed by atoms with Crippen LogP contribution in [0.25, 0.3) is 0 Å². The molecule has 0 saturated heterocycles. The molecule has 1 aliphatic rings. The smallest absolute Gasteiger partial charge is 0.0410 e. The van der Waals surface area contributed by atoms with Gasteiger partial charge in [0.15, 0.2) is 0 Å². The van der Waals surface area contributed by atoms with Crippen LogP contribution >= 0.6 is 0 Å². The Kier molecular flexibility index (Phi) is 2.41. The number of aryl methyl sites for hydroxylation is 4. The van der Waals surface area contributed by atoms with Crippen LogP contribution in [0, 0.1) is 0 Å². The molecule has 2 heteroatoms. The average Bonchev–Trinajstić information content (AvgIpc) is 2.34. The molecule has 0 aliphatic carbocycles. The van der Waals surface area contributed by atoms with Gasteiger partial charge in [0, 0.05) is 22.8 Å². The number of aromatic nitrogens is 2. The monoisotopic (exact) mass is 210 g/mol. The first kappa shape index (κ1) is 9.52. The van der Waals surface area contributed by atoms with Gasteiger partial charge in [0.05, 0.1) is 0 Å². The first-order valence-corrected chi connectivity index (χ1v) is 5.80. The van der Waals surface area contributed by atoms with Gasteiger partial charge in [0.25, 0.3) is 0 Å². The molecule has 16 heavy (non-hydrogen) atoms. The van der Waals surface area contributed by atoms with E-state index in [1.165, 1.54) is 22.8 Å². The summed E-state index contributed by atoms with van der Waals surface area (Å²) in [6, 6.07) is 12.6. The highest BCUT2D eigenvalue weighted by Crippen LogP contribution is 2.11. The molecule has 0 fully saturated rings. The van der Waals surface area contributed by atoms with E-state index in [-0.39, 0.29) is 0 Å². The Morgan fingerprint density at radius 1 is 0.562 bits per heavy atom. The summed E-state index contributed by atoms with van der Waals surface area (Å²) in [5.74, 6) is 0. The largest absolute Gasteiger partial charge is 0.258 e. The van der Waals surface area contributed by atoms with Crippen molar-refractivity contribution in [2.24, 2.45) is 0 Å². The lowest BCUT2D eigenvalue weighted by Gasteiger charge is -2.09. The predicted octanol–water partition coefficient (Wildman–Crippen LogP) is 2.36. The highest BCUT2D eigenvalue weighted by molar-refractivity contribution is 5.18. The van der Waals surface area contributed by atoms with E-state index in [1.54, 1.807) is 0 Å². The minimum Gasteiger partial charge on any atom is -0.258 e. The Labute approximate surface area is 95.4 Å². The van der Waals surface area contributed by atoms with Gasteiger partial charge in [-0.2, -0.15) is 0 Å². The Morgan fingerprint density at radius 3 is 1.19 bits per heavy atom. The Hall–Kier alpha value is -1.70. The minimum absolute atomic E-state index is 0.990. The van der Waals surface area contributed by atoms with Crippen LogP contribution in [0.5, 0.6) is 0 Å². The highest BCUT2D eigenvalue weighted by Gasteiger charge is 2.05. The van der Waals surface area contributed by atoms with Crippen molar-refractivity contribution in [2.45, 2.75) is 25.7 Å². The maximum absolute atomic E-state index is 4.65. The zero-order valence-electron chi connectivity index (χ0n) is 9.19. The van der Waals surface area contributed by atoms with Gasteiger partial charge in [-0.25, -0.2) is 0 Å². The zero-order valence-corrected chi connectivity index (χ0v) is 9.19. The molecule has 2 aromatic heterocycles. The Balaban J connectivity index is 1.98. The number of hydrogen-bond acceptors (Lipinski definition) is 2. The van der Waals surface area contributed by atoms with Gasteiger partial charge < -0.3 is 0 Å². The minimum atomic E-state index is 0.990. The fraction of sp³-hybridized carbons (Fsp3) is 0.286. The fourth-order valence-corrected chi connectivity index (χ4v) is 2.13. The molecular weight excluding hydrogens is 196 g/mol. The second-order valence-corrected chi connectivity index (χ2v) is 4.24. The van der Waals surface area contributed by atoms with Crippen LogP contribution in [0.1, 0.15) is 22.8 Å². The number of fused-ring (bicyclic) bond motifs is 4. The zero-order chi connectivity index (χ0) is 10.8. The van der Waals surface area contributed by atoms with Crippen LogP contribution in [-0.2, 0) is 25.7 Å². The SMILES string of the molecule is c1cc2nc(c1)CCc1cccc(n1)CC2. The van der Waals surface area contributed by atoms with E-state index in [0.717, 1.165) is 25.7 Å². The number of nitrogens with zero attached hydrogens (tertiary/aromatic N) is 2. The molecule has 1 aliphatic heterocycles. The summed E-state index contributed by atoms with van der Waals surface area (Å²) in [5, 5.41) is 0. The van der Waals surface area contributed by atoms with E-state index in [4.69, 9.17) is 0 Å². The van der Waals surface area contributed by atoms with E-state index < -0.39 is 0 Å². The van der Waals surface area contributed by atoms with Gasteiger partial charge in [-0.15, -0.1) is 0 Å². The maximum Gasteiger partial charge on any atom is 0.0410 e. The third-order valence-corrected chi connectivity index (χ3v) is 3.00. The van der Waals surface area contributed by atoms with Crippen molar-refractivity contribution in [3.63, 3.8) is 0 Å². The van der Waals surface area contributed by atoms with Crippen molar-refractivity contribution >= 4 is 0 Å². The standard InChI is InChI=1S/C14H14N2/c1-3-11-7-9-13-5-2-6-14(16-13)10-8-12(4-1)15-11/h1-6H,7-10H2. The second kappa shape index (κ2) is 4.05. The Bertz CT molecular complexity index is 420. The van der Waals surface area contributed by atoms with Crippen molar-refractivity contribution in [1.82, 2.24) is 9.97 Å². The molecule has 2 nitrogen and oxygen atoms in total.